The minimum absolute atomic E-state index is 0.0474. The molecule has 1 aromatic heterocycles. The second-order valence-corrected chi connectivity index (χ2v) is 4.91. The van der Waals surface area contributed by atoms with Gasteiger partial charge in [0.15, 0.2) is 5.13 Å². The Morgan fingerprint density at radius 2 is 1.95 bits per heavy atom. The summed E-state index contributed by atoms with van der Waals surface area (Å²) < 4.78 is 32.7. The number of halogens is 2. The number of rotatable bonds is 5. The summed E-state index contributed by atoms with van der Waals surface area (Å²) in [6, 6.07) is 5.18. The van der Waals surface area contributed by atoms with Gasteiger partial charge in [0.1, 0.15) is 10.6 Å². The Kier molecular flexibility index (Phi) is 4.99. The highest BCUT2D eigenvalue weighted by molar-refractivity contribution is 7.17. The van der Waals surface area contributed by atoms with E-state index in [9.17, 15) is 18.4 Å². The summed E-state index contributed by atoms with van der Waals surface area (Å²) in [7, 11) is 1.24. The first-order chi connectivity index (χ1) is 10.5. The van der Waals surface area contributed by atoms with E-state index in [1.165, 1.54) is 37.6 Å². The predicted molar refractivity (Wildman–Crippen MR) is 74.5 cm³/mol. The van der Waals surface area contributed by atoms with Crippen LogP contribution in [0.2, 0.25) is 0 Å². The highest BCUT2D eigenvalue weighted by Crippen LogP contribution is 2.20. The first-order valence-electron chi connectivity index (χ1n) is 5.90. The van der Waals surface area contributed by atoms with Crippen LogP contribution in [0.25, 0.3) is 0 Å². The summed E-state index contributed by atoms with van der Waals surface area (Å²) >= 11 is 0.959. The van der Waals surface area contributed by atoms with E-state index in [-0.39, 0.29) is 21.3 Å². The molecule has 1 amide bonds. The molecule has 1 N–H and O–H groups in total. The van der Waals surface area contributed by atoms with Crippen LogP contribution in [0.3, 0.4) is 0 Å². The van der Waals surface area contributed by atoms with Gasteiger partial charge in [-0.1, -0.05) is 11.3 Å². The number of nitrogens with zero attached hydrogens (tertiary/aromatic N) is 1. The Bertz CT molecular complexity index is 673. The van der Waals surface area contributed by atoms with Crippen LogP contribution in [-0.2, 0) is 4.74 Å². The molecule has 0 radical (unpaired) electrons. The van der Waals surface area contributed by atoms with Gasteiger partial charge >= 0.3 is 12.6 Å². The Morgan fingerprint density at radius 1 is 1.27 bits per heavy atom. The number of hydrogen-bond acceptors (Lipinski definition) is 6. The van der Waals surface area contributed by atoms with E-state index in [0.717, 1.165) is 11.3 Å². The van der Waals surface area contributed by atoms with Crippen molar-refractivity contribution in [2.24, 2.45) is 0 Å². The molecule has 116 valence electrons. The molecule has 0 atom stereocenters. The number of anilines is 1. The van der Waals surface area contributed by atoms with Crippen molar-refractivity contribution in [2.75, 3.05) is 12.4 Å². The second kappa shape index (κ2) is 6.94. The molecule has 0 aliphatic rings. The van der Waals surface area contributed by atoms with Crippen LogP contribution in [0.4, 0.5) is 13.9 Å². The molecule has 9 heteroatoms. The Hall–Kier alpha value is -2.55. The molecule has 0 aliphatic carbocycles. The molecule has 0 aliphatic heterocycles. The summed E-state index contributed by atoms with van der Waals surface area (Å²) in [6.07, 6.45) is 1.28. The molecule has 0 spiro atoms. The van der Waals surface area contributed by atoms with Gasteiger partial charge in [0.25, 0.3) is 5.91 Å². The number of carbonyl (C=O) groups is 2. The van der Waals surface area contributed by atoms with E-state index in [1.807, 2.05) is 0 Å². The fourth-order valence-corrected chi connectivity index (χ4v) is 2.21. The van der Waals surface area contributed by atoms with E-state index in [1.54, 1.807) is 0 Å². The number of ether oxygens (including phenoxy) is 2. The lowest BCUT2D eigenvalue weighted by Gasteiger charge is -2.05. The smallest absolute Gasteiger partial charge is 0.387 e. The number of alkyl halides is 2. The Morgan fingerprint density at radius 3 is 2.55 bits per heavy atom. The van der Waals surface area contributed by atoms with Crippen molar-refractivity contribution in [3.8, 4) is 5.75 Å². The molecule has 6 nitrogen and oxygen atoms in total. The maximum atomic E-state index is 12.0. The van der Waals surface area contributed by atoms with Crippen LogP contribution in [0, 0.1) is 0 Å². The zero-order valence-electron chi connectivity index (χ0n) is 11.2. The number of hydrogen-bond donors (Lipinski definition) is 1. The summed E-state index contributed by atoms with van der Waals surface area (Å²) in [5.74, 6) is -1.09. The van der Waals surface area contributed by atoms with Gasteiger partial charge in [-0.15, -0.1) is 0 Å². The molecule has 0 saturated carbocycles. The largest absolute Gasteiger partial charge is 0.465 e. The summed E-state index contributed by atoms with van der Waals surface area (Å²) in [5.41, 5.74) is 0.233. The van der Waals surface area contributed by atoms with E-state index >= 15 is 0 Å². The maximum Gasteiger partial charge on any atom is 0.387 e. The van der Waals surface area contributed by atoms with Crippen LogP contribution in [0.5, 0.6) is 5.75 Å². The number of amides is 1. The third kappa shape index (κ3) is 3.98. The van der Waals surface area contributed by atoms with E-state index in [0.29, 0.717) is 0 Å². The van der Waals surface area contributed by atoms with Gasteiger partial charge in [-0.3, -0.25) is 10.1 Å². The van der Waals surface area contributed by atoms with Crippen LogP contribution in [-0.4, -0.2) is 30.6 Å². The molecule has 2 rings (SSSR count). The van der Waals surface area contributed by atoms with Crippen LogP contribution < -0.4 is 10.1 Å². The molecule has 0 saturated heterocycles. The number of methoxy groups -OCH3 is 1. The number of carbonyl (C=O) groups excluding carboxylic acids is 2. The zero-order chi connectivity index (χ0) is 16.1. The second-order valence-electron chi connectivity index (χ2n) is 3.88. The van der Waals surface area contributed by atoms with Crippen molar-refractivity contribution < 1.29 is 27.8 Å². The van der Waals surface area contributed by atoms with E-state index in [2.05, 4.69) is 19.8 Å². The minimum Gasteiger partial charge on any atom is -0.465 e. The summed E-state index contributed by atoms with van der Waals surface area (Å²) in [6.45, 7) is -2.92. The molecule has 2 aromatic rings. The first kappa shape index (κ1) is 15.8. The van der Waals surface area contributed by atoms with Crippen LogP contribution >= 0.6 is 11.3 Å². The number of aromatic nitrogens is 1. The normalized spacial score (nSPS) is 10.4. The molecule has 0 bridgehead atoms. The first-order valence-corrected chi connectivity index (χ1v) is 6.71. The lowest BCUT2D eigenvalue weighted by Crippen LogP contribution is -2.11. The number of nitrogens with one attached hydrogen (secondary N) is 1. The van der Waals surface area contributed by atoms with Crippen molar-refractivity contribution in [3.63, 3.8) is 0 Å². The lowest BCUT2D eigenvalue weighted by molar-refractivity contribution is -0.0498. The van der Waals surface area contributed by atoms with Gasteiger partial charge in [0.2, 0.25) is 0 Å². The standard InChI is InChI=1S/C13H10F2N2O4S/c1-20-11(19)9-6-16-13(22-9)17-10(18)7-2-4-8(5-3-7)21-12(14)15/h2-6,12H,1H3,(H,16,17,18). The monoisotopic (exact) mass is 328 g/mol. The third-order valence-corrected chi connectivity index (χ3v) is 3.35. The molecule has 0 fully saturated rings. The number of thiazole rings is 1. The highest BCUT2D eigenvalue weighted by atomic mass is 32.1. The average molecular weight is 328 g/mol. The number of benzene rings is 1. The third-order valence-electron chi connectivity index (χ3n) is 2.45. The molecular weight excluding hydrogens is 318 g/mol. The highest BCUT2D eigenvalue weighted by Gasteiger charge is 2.13. The fraction of sp³-hybridized carbons (Fsp3) is 0.154. The molecule has 0 unspecified atom stereocenters. The van der Waals surface area contributed by atoms with Crippen molar-refractivity contribution in [3.05, 3.63) is 40.9 Å². The quantitative estimate of drug-likeness (QED) is 0.854. The van der Waals surface area contributed by atoms with E-state index in [4.69, 9.17) is 0 Å². The lowest BCUT2D eigenvalue weighted by atomic mass is 10.2. The van der Waals surface area contributed by atoms with Crippen molar-refractivity contribution in [1.29, 1.82) is 0 Å². The maximum absolute atomic E-state index is 12.0. The van der Waals surface area contributed by atoms with Crippen molar-refractivity contribution in [1.82, 2.24) is 4.98 Å². The topological polar surface area (TPSA) is 77.5 Å². The molecule has 1 heterocycles. The minimum atomic E-state index is -2.92. The van der Waals surface area contributed by atoms with Crippen molar-refractivity contribution >= 4 is 28.3 Å². The SMILES string of the molecule is COC(=O)c1cnc(NC(=O)c2ccc(OC(F)F)cc2)s1. The van der Waals surface area contributed by atoms with Gasteiger partial charge in [0.05, 0.1) is 13.3 Å². The molecule has 22 heavy (non-hydrogen) atoms. The van der Waals surface area contributed by atoms with Gasteiger partial charge in [-0.2, -0.15) is 8.78 Å². The van der Waals surface area contributed by atoms with Crippen LogP contribution in [0.1, 0.15) is 20.0 Å². The number of esters is 1. The molecule has 1 aromatic carbocycles. The van der Waals surface area contributed by atoms with Gasteiger partial charge < -0.3 is 9.47 Å². The summed E-state index contributed by atoms with van der Waals surface area (Å²) in [5, 5.41) is 2.71. The predicted octanol–water partition coefficient (Wildman–Crippen LogP) is 2.78. The van der Waals surface area contributed by atoms with Crippen molar-refractivity contribution in [2.45, 2.75) is 6.61 Å². The Labute approximate surface area is 127 Å². The Balaban J connectivity index is 2.02. The molecular formula is C13H10F2N2O4S. The van der Waals surface area contributed by atoms with Crippen LogP contribution in [0.15, 0.2) is 30.5 Å². The zero-order valence-corrected chi connectivity index (χ0v) is 12.0. The van der Waals surface area contributed by atoms with Gasteiger partial charge in [-0.25, -0.2) is 9.78 Å². The fourth-order valence-electron chi connectivity index (χ4n) is 1.48. The average Bonchev–Trinajstić information content (AvgIpc) is 2.95. The summed E-state index contributed by atoms with van der Waals surface area (Å²) in [4.78, 5) is 27.3. The van der Waals surface area contributed by atoms with Gasteiger partial charge in [-0.05, 0) is 24.3 Å². The van der Waals surface area contributed by atoms with E-state index < -0.39 is 18.5 Å². The van der Waals surface area contributed by atoms with Gasteiger partial charge in [0, 0.05) is 5.56 Å².